The molecule has 0 unspecified atom stereocenters. The summed E-state index contributed by atoms with van der Waals surface area (Å²) in [5, 5.41) is 3.37. The maximum Gasteiger partial charge on any atom is 0.193 e. The highest BCUT2D eigenvalue weighted by Gasteiger charge is 2.07. The normalized spacial score (nSPS) is 11.6. The average molecular weight is 380 g/mol. The summed E-state index contributed by atoms with van der Waals surface area (Å²) in [6.45, 7) is 4.48. The molecule has 3 aromatic rings. The molecule has 2 N–H and O–H groups in total. The fourth-order valence-corrected chi connectivity index (χ4v) is 3.10. The van der Waals surface area contributed by atoms with Crippen molar-refractivity contribution >= 4 is 17.0 Å². The zero-order valence-electron chi connectivity index (χ0n) is 16.9. The van der Waals surface area contributed by atoms with E-state index in [1.165, 1.54) is 5.56 Å². The number of methoxy groups -OCH3 is 1. The summed E-state index contributed by atoms with van der Waals surface area (Å²) in [6, 6.07) is 16.3. The molecular formula is C22H29N5O. The minimum atomic E-state index is 0.756. The number of nitrogens with one attached hydrogen (secondary N) is 2. The van der Waals surface area contributed by atoms with Crippen molar-refractivity contribution in [3.8, 4) is 5.75 Å². The second-order valence-corrected chi connectivity index (χ2v) is 6.74. The number of hydrogen-bond donors (Lipinski definition) is 2. The van der Waals surface area contributed by atoms with E-state index < -0.39 is 0 Å². The molecule has 0 spiro atoms. The van der Waals surface area contributed by atoms with Crippen LogP contribution in [-0.2, 0) is 13.0 Å². The Kier molecular flexibility index (Phi) is 6.89. The lowest BCUT2D eigenvalue weighted by atomic mass is 10.2. The quantitative estimate of drug-likeness (QED) is 0.357. The van der Waals surface area contributed by atoms with Crippen LogP contribution in [0.15, 0.2) is 53.5 Å². The first-order valence-corrected chi connectivity index (χ1v) is 9.75. The lowest BCUT2D eigenvalue weighted by molar-refractivity contribution is 0.414. The number of ether oxygens (including phenoxy) is 1. The number of imidazole rings is 1. The summed E-state index contributed by atoms with van der Waals surface area (Å²) in [7, 11) is 3.74. The number of benzene rings is 2. The summed E-state index contributed by atoms with van der Waals surface area (Å²) in [5.41, 5.74) is 3.33. The lowest BCUT2D eigenvalue weighted by Gasteiger charge is -2.22. The average Bonchev–Trinajstić information content (AvgIpc) is 3.13. The first kappa shape index (κ1) is 19.7. The van der Waals surface area contributed by atoms with Gasteiger partial charge in [0.05, 0.1) is 18.1 Å². The first-order valence-electron chi connectivity index (χ1n) is 9.75. The van der Waals surface area contributed by atoms with Crippen LogP contribution in [0.25, 0.3) is 11.0 Å². The van der Waals surface area contributed by atoms with E-state index in [1.54, 1.807) is 7.11 Å². The SMILES string of the molecule is CCNC(=NCCCc1nc2ccccc2[nH]1)N(C)Cc1ccc(OC)cc1. The van der Waals surface area contributed by atoms with Crippen LogP contribution in [0.5, 0.6) is 5.75 Å². The van der Waals surface area contributed by atoms with Gasteiger partial charge in [0.25, 0.3) is 0 Å². The number of hydrogen-bond acceptors (Lipinski definition) is 3. The summed E-state index contributed by atoms with van der Waals surface area (Å²) < 4.78 is 5.22. The van der Waals surface area contributed by atoms with Crippen molar-refractivity contribution < 1.29 is 4.74 Å². The van der Waals surface area contributed by atoms with Crippen molar-refractivity contribution in [3.05, 3.63) is 59.9 Å². The molecule has 6 heteroatoms. The topological polar surface area (TPSA) is 65.5 Å². The van der Waals surface area contributed by atoms with Gasteiger partial charge < -0.3 is 19.9 Å². The predicted molar refractivity (Wildman–Crippen MR) is 115 cm³/mol. The molecule has 0 aliphatic carbocycles. The standard InChI is InChI=1S/C22H29N5O/c1-4-23-22(27(2)16-17-11-13-18(28-3)14-12-17)24-15-7-10-21-25-19-8-5-6-9-20(19)26-21/h5-6,8-9,11-14H,4,7,10,15-16H2,1-3H3,(H,23,24)(H,25,26). The molecule has 0 aliphatic heterocycles. The predicted octanol–water partition coefficient (Wildman–Crippen LogP) is 3.60. The molecule has 6 nitrogen and oxygen atoms in total. The van der Waals surface area contributed by atoms with Gasteiger partial charge in [-0.2, -0.15) is 0 Å². The maximum absolute atomic E-state index is 5.22. The molecule has 0 saturated carbocycles. The van der Waals surface area contributed by atoms with Crippen LogP contribution in [-0.4, -0.2) is 48.1 Å². The highest BCUT2D eigenvalue weighted by atomic mass is 16.5. The van der Waals surface area contributed by atoms with Gasteiger partial charge in [0, 0.05) is 33.1 Å². The molecule has 28 heavy (non-hydrogen) atoms. The van der Waals surface area contributed by atoms with Crippen LogP contribution in [0.2, 0.25) is 0 Å². The highest BCUT2D eigenvalue weighted by molar-refractivity contribution is 5.79. The number of para-hydroxylation sites is 2. The molecule has 3 rings (SSSR count). The van der Waals surface area contributed by atoms with E-state index in [0.717, 1.165) is 61.0 Å². The van der Waals surface area contributed by atoms with Crippen LogP contribution >= 0.6 is 0 Å². The number of aromatic nitrogens is 2. The Morgan fingerprint density at radius 3 is 2.68 bits per heavy atom. The number of H-pyrrole nitrogens is 1. The first-order chi connectivity index (χ1) is 13.7. The van der Waals surface area contributed by atoms with Gasteiger partial charge in [-0.25, -0.2) is 4.98 Å². The maximum atomic E-state index is 5.22. The summed E-state index contributed by atoms with van der Waals surface area (Å²) >= 11 is 0. The van der Waals surface area contributed by atoms with E-state index in [4.69, 9.17) is 9.73 Å². The highest BCUT2D eigenvalue weighted by Crippen LogP contribution is 2.13. The Balaban J connectivity index is 1.54. The smallest absolute Gasteiger partial charge is 0.193 e. The molecular weight excluding hydrogens is 350 g/mol. The van der Waals surface area contributed by atoms with Crippen LogP contribution < -0.4 is 10.1 Å². The minimum Gasteiger partial charge on any atom is -0.497 e. The number of nitrogens with zero attached hydrogens (tertiary/aromatic N) is 3. The third-order valence-electron chi connectivity index (χ3n) is 4.55. The molecule has 0 saturated heterocycles. The molecule has 0 bridgehead atoms. The number of guanidine groups is 1. The van der Waals surface area contributed by atoms with Gasteiger partial charge in [0.1, 0.15) is 11.6 Å². The molecule has 0 atom stereocenters. The van der Waals surface area contributed by atoms with Crippen LogP contribution in [0.3, 0.4) is 0 Å². The summed E-state index contributed by atoms with van der Waals surface area (Å²) in [4.78, 5) is 14.9. The third-order valence-corrected chi connectivity index (χ3v) is 4.55. The van der Waals surface area contributed by atoms with Crippen molar-refractivity contribution in [2.45, 2.75) is 26.3 Å². The molecule has 0 fully saturated rings. The van der Waals surface area contributed by atoms with Gasteiger partial charge in [0.2, 0.25) is 0 Å². The second-order valence-electron chi connectivity index (χ2n) is 6.74. The largest absolute Gasteiger partial charge is 0.497 e. The Morgan fingerprint density at radius 2 is 1.96 bits per heavy atom. The van der Waals surface area contributed by atoms with Gasteiger partial charge in [-0.15, -0.1) is 0 Å². The van der Waals surface area contributed by atoms with Gasteiger partial charge >= 0.3 is 0 Å². The second kappa shape index (κ2) is 9.78. The van der Waals surface area contributed by atoms with Crippen molar-refractivity contribution in [2.24, 2.45) is 4.99 Å². The molecule has 148 valence electrons. The number of aryl methyl sites for hydroxylation is 1. The van der Waals surface area contributed by atoms with Gasteiger partial charge in [-0.05, 0) is 43.2 Å². The van der Waals surface area contributed by atoms with Crippen LogP contribution in [0.4, 0.5) is 0 Å². The third kappa shape index (κ3) is 5.25. The molecule has 1 heterocycles. The Morgan fingerprint density at radius 1 is 1.18 bits per heavy atom. The molecule has 0 radical (unpaired) electrons. The van der Waals surface area contributed by atoms with E-state index in [-0.39, 0.29) is 0 Å². The Labute approximate surface area is 166 Å². The van der Waals surface area contributed by atoms with Crippen molar-refractivity contribution in [1.82, 2.24) is 20.2 Å². The van der Waals surface area contributed by atoms with E-state index in [2.05, 4.69) is 52.4 Å². The van der Waals surface area contributed by atoms with E-state index >= 15 is 0 Å². The fraction of sp³-hybridized carbons (Fsp3) is 0.364. The van der Waals surface area contributed by atoms with Gasteiger partial charge in [-0.1, -0.05) is 24.3 Å². The van der Waals surface area contributed by atoms with Crippen LogP contribution in [0.1, 0.15) is 24.7 Å². The van der Waals surface area contributed by atoms with E-state index in [0.29, 0.717) is 0 Å². The van der Waals surface area contributed by atoms with E-state index in [1.807, 2.05) is 30.3 Å². The molecule has 2 aromatic carbocycles. The van der Waals surface area contributed by atoms with Crippen molar-refractivity contribution in [3.63, 3.8) is 0 Å². The van der Waals surface area contributed by atoms with Crippen LogP contribution in [0, 0.1) is 0 Å². The Hall–Kier alpha value is -3.02. The van der Waals surface area contributed by atoms with Gasteiger partial charge in [-0.3, -0.25) is 4.99 Å². The number of aliphatic imine (C=N–C) groups is 1. The molecule has 1 aromatic heterocycles. The Bertz CT molecular complexity index is 868. The molecule has 0 aliphatic rings. The summed E-state index contributed by atoms with van der Waals surface area (Å²) in [5.74, 6) is 2.81. The van der Waals surface area contributed by atoms with Gasteiger partial charge in [0.15, 0.2) is 5.96 Å². The van der Waals surface area contributed by atoms with Crippen molar-refractivity contribution in [1.29, 1.82) is 0 Å². The fourth-order valence-electron chi connectivity index (χ4n) is 3.10. The van der Waals surface area contributed by atoms with E-state index in [9.17, 15) is 0 Å². The van der Waals surface area contributed by atoms with Crippen molar-refractivity contribution in [2.75, 3.05) is 27.2 Å². The summed E-state index contributed by atoms with van der Waals surface area (Å²) in [6.07, 6.45) is 1.84. The zero-order valence-corrected chi connectivity index (χ0v) is 16.9. The number of aromatic amines is 1. The minimum absolute atomic E-state index is 0.756. The number of fused-ring (bicyclic) bond motifs is 1. The lowest BCUT2D eigenvalue weighted by Crippen LogP contribution is -2.38. The monoisotopic (exact) mass is 379 g/mol. The zero-order chi connectivity index (χ0) is 19.8. The molecule has 0 amide bonds. The number of rotatable bonds is 8.